The second-order valence-electron chi connectivity index (χ2n) is 5.29. The van der Waals surface area contributed by atoms with Crippen LogP contribution in [0.2, 0.25) is 0 Å². The SMILES string of the molecule is Cc1ccc(C)c(S(=O)(=O)Nc2cnc3ccccc3c2)c1. The molecule has 1 aromatic heterocycles. The van der Waals surface area contributed by atoms with Gasteiger partial charge in [-0.05, 0) is 43.2 Å². The fraction of sp³-hybridized carbons (Fsp3) is 0.118. The Bertz CT molecular complexity index is 950. The maximum atomic E-state index is 12.6. The number of nitrogens with one attached hydrogen (secondary N) is 1. The van der Waals surface area contributed by atoms with Crippen LogP contribution in [0.5, 0.6) is 0 Å². The zero-order valence-corrected chi connectivity index (χ0v) is 13.2. The van der Waals surface area contributed by atoms with Crippen molar-refractivity contribution in [3.8, 4) is 0 Å². The summed E-state index contributed by atoms with van der Waals surface area (Å²) in [4.78, 5) is 4.56. The first kappa shape index (κ1) is 14.5. The summed E-state index contributed by atoms with van der Waals surface area (Å²) in [5.41, 5.74) is 2.91. The van der Waals surface area contributed by atoms with Crippen LogP contribution < -0.4 is 4.72 Å². The van der Waals surface area contributed by atoms with E-state index in [1.54, 1.807) is 19.1 Å². The molecular formula is C17H16N2O2S. The van der Waals surface area contributed by atoms with Crippen LogP contribution in [-0.2, 0) is 10.0 Å². The number of para-hydroxylation sites is 1. The van der Waals surface area contributed by atoms with E-state index in [0.29, 0.717) is 16.1 Å². The van der Waals surface area contributed by atoms with Crippen molar-refractivity contribution < 1.29 is 8.42 Å². The molecule has 0 fully saturated rings. The number of anilines is 1. The monoisotopic (exact) mass is 312 g/mol. The zero-order chi connectivity index (χ0) is 15.7. The lowest BCUT2D eigenvalue weighted by atomic mass is 10.2. The summed E-state index contributed by atoms with van der Waals surface area (Å²) < 4.78 is 27.7. The van der Waals surface area contributed by atoms with Crippen molar-refractivity contribution in [3.05, 3.63) is 65.9 Å². The maximum Gasteiger partial charge on any atom is 0.262 e. The number of pyridine rings is 1. The van der Waals surface area contributed by atoms with Crippen molar-refractivity contribution in [2.45, 2.75) is 18.7 Å². The number of aromatic nitrogens is 1. The third-order valence-corrected chi connectivity index (χ3v) is 5.00. The van der Waals surface area contributed by atoms with Crippen LogP contribution in [0.15, 0.2) is 59.6 Å². The number of sulfonamides is 1. The summed E-state index contributed by atoms with van der Waals surface area (Å²) in [6, 6.07) is 14.7. The van der Waals surface area contributed by atoms with Crippen LogP contribution in [0.25, 0.3) is 10.9 Å². The van der Waals surface area contributed by atoms with Gasteiger partial charge in [-0.15, -0.1) is 0 Å². The molecule has 0 aliphatic rings. The predicted octanol–water partition coefficient (Wildman–Crippen LogP) is 3.65. The lowest BCUT2D eigenvalue weighted by molar-refractivity contribution is 0.600. The molecule has 22 heavy (non-hydrogen) atoms. The van der Waals surface area contributed by atoms with Crippen molar-refractivity contribution in [3.63, 3.8) is 0 Å². The molecule has 4 nitrogen and oxygen atoms in total. The Morgan fingerprint density at radius 2 is 1.77 bits per heavy atom. The highest BCUT2D eigenvalue weighted by Gasteiger charge is 2.17. The molecule has 0 atom stereocenters. The molecule has 0 aliphatic carbocycles. The van der Waals surface area contributed by atoms with E-state index in [-0.39, 0.29) is 0 Å². The molecule has 0 unspecified atom stereocenters. The first-order chi connectivity index (χ1) is 10.5. The molecule has 3 aromatic rings. The van der Waals surface area contributed by atoms with Gasteiger partial charge in [0.05, 0.1) is 22.3 Å². The van der Waals surface area contributed by atoms with E-state index < -0.39 is 10.0 Å². The maximum absolute atomic E-state index is 12.6. The second-order valence-corrected chi connectivity index (χ2v) is 6.94. The highest BCUT2D eigenvalue weighted by molar-refractivity contribution is 7.92. The lowest BCUT2D eigenvalue weighted by Gasteiger charge is -2.11. The molecule has 1 N–H and O–H groups in total. The van der Waals surface area contributed by atoms with E-state index in [0.717, 1.165) is 16.5 Å². The van der Waals surface area contributed by atoms with E-state index in [1.165, 1.54) is 6.20 Å². The van der Waals surface area contributed by atoms with E-state index in [2.05, 4.69) is 9.71 Å². The fourth-order valence-electron chi connectivity index (χ4n) is 2.33. The number of benzene rings is 2. The van der Waals surface area contributed by atoms with Gasteiger partial charge in [-0.1, -0.05) is 30.3 Å². The van der Waals surface area contributed by atoms with Crippen molar-refractivity contribution in [2.75, 3.05) is 4.72 Å². The van der Waals surface area contributed by atoms with Crippen LogP contribution in [0.3, 0.4) is 0 Å². The van der Waals surface area contributed by atoms with Gasteiger partial charge in [0.15, 0.2) is 0 Å². The minimum atomic E-state index is -3.63. The molecule has 0 amide bonds. The van der Waals surface area contributed by atoms with E-state index in [4.69, 9.17) is 0 Å². The average Bonchev–Trinajstić information content (AvgIpc) is 2.49. The van der Waals surface area contributed by atoms with Crippen molar-refractivity contribution in [1.82, 2.24) is 4.98 Å². The molecule has 0 spiro atoms. The van der Waals surface area contributed by atoms with Crippen molar-refractivity contribution in [1.29, 1.82) is 0 Å². The molecule has 0 bridgehead atoms. The second kappa shape index (κ2) is 5.42. The Kier molecular flexibility index (Phi) is 3.58. The summed E-state index contributed by atoms with van der Waals surface area (Å²) in [7, 11) is -3.63. The Morgan fingerprint density at radius 1 is 1.00 bits per heavy atom. The van der Waals surface area contributed by atoms with E-state index in [9.17, 15) is 8.42 Å². The smallest absolute Gasteiger partial charge is 0.262 e. The average molecular weight is 312 g/mol. The molecule has 5 heteroatoms. The van der Waals surface area contributed by atoms with Gasteiger partial charge in [0.1, 0.15) is 0 Å². The van der Waals surface area contributed by atoms with Crippen molar-refractivity contribution >= 4 is 26.6 Å². The molecule has 0 saturated heterocycles. The standard InChI is InChI=1S/C17H16N2O2S/c1-12-7-8-13(2)17(9-12)22(20,21)19-15-10-14-5-3-4-6-16(14)18-11-15/h3-11,19H,1-2H3. The Balaban J connectivity index is 2.01. The third kappa shape index (κ3) is 2.80. The zero-order valence-electron chi connectivity index (χ0n) is 12.4. The predicted molar refractivity (Wildman–Crippen MR) is 88.5 cm³/mol. The van der Waals surface area contributed by atoms with Gasteiger partial charge in [-0.25, -0.2) is 8.42 Å². The number of hydrogen-bond acceptors (Lipinski definition) is 3. The van der Waals surface area contributed by atoms with Gasteiger partial charge in [0.25, 0.3) is 10.0 Å². The Morgan fingerprint density at radius 3 is 2.59 bits per heavy atom. The Labute approximate surface area is 129 Å². The van der Waals surface area contributed by atoms with Crippen molar-refractivity contribution in [2.24, 2.45) is 0 Å². The van der Waals surface area contributed by atoms with Crippen LogP contribution in [-0.4, -0.2) is 13.4 Å². The van der Waals surface area contributed by atoms with E-state index >= 15 is 0 Å². The number of aryl methyl sites for hydroxylation is 2. The minimum Gasteiger partial charge on any atom is -0.278 e. The number of hydrogen-bond donors (Lipinski definition) is 1. The molecule has 3 rings (SSSR count). The highest BCUT2D eigenvalue weighted by Crippen LogP contribution is 2.22. The number of nitrogens with zero attached hydrogens (tertiary/aromatic N) is 1. The lowest BCUT2D eigenvalue weighted by Crippen LogP contribution is -2.14. The molecule has 1 heterocycles. The van der Waals surface area contributed by atoms with E-state index in [1.807, 2.05) is 43.3 Å². The van der Waals surface area contributed by atoms with Crippen LogP contribution in [0.4, 0.5) is 5.69 Å². The van der Waals surface area contributed by atoms with Crippen LogP contribution in [0, 0.1) is 13.8 Å². The molecule has 0 aliphatic heterocycles. The number of rotatable bonds is 3. The van der Waals surface area contributed by atoms with Gasteiger partial charge < -0.3 is 0 Å². The molecule has 112 valence electrons. The van der Waals surface area contributed by atoms with Crippen LogP contribution in [0.1, 0.15) is 11.1 Å². The first-order valence-corrected chi connectivity index (χ1v) is 8.39. The first-order valence-electron chi connectivity index (χ1n) is 6.90. The Hall–Kier alpha value is -2.40. The largest absolute Gasteiger partial charge is 0.278 e. The quantitative estimate of drug-likeness (QED) is 0.803. The molecule has 2 aromatic carbocycles. The normalized spacial score (nSPS) is 11.5. The minimum absolute atomic E-state index is 0.292. The highest BCUT2D eigenvalue weighted by atomic mass is 32.2. The van der Waals surface area contributed by atoms with Gasteiger partial charge in [0.2, 0.25) is 0 Å². The molecular weight excluding hydrogens is 296 g/mol. The molecule has 0 radical (unpaired) electrons. The van der Waals surface area contributed by atoms with Crippen LogP contribution >= 0.6 is 0 Å². The topological polar surface area (TPSA) is 59.1 Å². The number of fused-ring (bicyclic) bond motifs is 1. The summed E-state index contributed by atoms with van der Waals surface area (Å²) in [5, 5.41) is 0.892. The molecule has 0 saturated carbocycles. The third-order valence-electron chi connectivity index (χ3n) is 3.48. The van der Waals surface area contributed by atoms with Gasteiger partial charge in [0, 0.05) is 5.39 Å². The summed E-state index contributed by atoms with van der Waals surface area (Å²) >= 11 is 0. The summed E-state index contributed by atoms with van der Waals surface area (Å²) in [6.45, 7) is 3.66. The van der Waals surface area contributed by atoms with Gasteiger partial charge >= 0.3 is 0 Å². The van der Waals surface area contributed by atoms with Gasteiger partial charge in [-0.3, -0.25) is 9.71 Å². The van der Waals surface area contributed by atoms with Gasteiger partial charge in [-0.2, -0.15) is 0 Å². The summed E-state index contributed by atoms with van der Waals surface area (Å²) in [6.07, 6.45) is 1.53. The summed E-state index contributed by atoms with van der Waals surface area (Å²) in [5.74, 6) is 0. The fourth-order valence-corrected chi connectivity index (χ4v) is 3.70.